The third-order valence-corrected chi connectivity index (χ3v) is 8.57. The molecule has 0 bridgehead atoms. The van der Waals surface area contributed by atoms with Gasteiger partial charge in [-0.05, 0) is 68.1 Å². The van der Waals surface area contributed by atoms with Crippen LogP contribution in [-0.4, -0.2) is 27.7 Å². The molecule has 3 nitrogen and oxygen atoms in total. The molecule has 22 heavy (non-hydrogen) atoms. The van der Waals surface area contributed by atoms with Crippen molar-refractivity contribution in [1.82, 2.24) is 0 Å². The summed E-state index contributed by atoms with van der Waals surface area (Å²) < 4.78 is 0. The molecule has 0 heterocycles. The first-order valence-corrected chi connectivity index (χ1v) is 9.22. The van der Waals surface area contributed by atoms with E-state index in [1.54, 1.807) is 0 Å². The molecule has 0 aromatic carbocycles. The molecule has 4 aliphatic rings. The van der Waals surface area contributed by atoms with Gasteiger partial charge in [-0.2, -0.15) is 0 Å². The zero-order valence-electron chi connectivity index (χ0n) is 14.0. The predicted octanol–water partition coefficient (Wildman–Crippen LogP) is 3.07. The van der Waals surface area contributed by atoms with Gasteiger partial charge in [0.15, 0.2) is 0 Å². The van der Waals surface area contributed by atoms with Crippen LogP contribution >= 0.6 is 0 Å². The van der Waals surface area contributed by atoms with Crippen molar-refractivity contribution in [3.63, 3.8) is 0 Å². The van der Waals surface area contributed by atoms with Gasteiger partial charge in [0.25, 0.3) is 0 Å². The number of aliphatic hydroxyl groups excluding tert-OH is 1. The van der Waals surface area contributed by atoms with Crippen molar-refractivity contribution >= 4 is 5.78 Å². The van der Waals surface area contributed by atoms with Crippen LogP contribution in [0.5, 0.6) is 0 Å². The summed E-state index contributed by atoms with van der Waals surface area (Å²) in [5.74, 6) is 2.02. The van der Waals surface area contributed by atoms with Crippen LogP contribution in [0.3, 0.4) is 0 Å². The highest BCUT2D eigenvalue weighted by Crippen LogP contribution is 2.66. The van der Waals surface area contributed by atoms with Gasteiger partial charge in [0.2, 0.25) is 0 Å². The molecule has 3 unspecified atom stereocenters. The van der Waals surface area contributed by atoms with Crippen LogP contribution in [0.1, 0.15) is 71.6 Å². The maximum Gasteiger partial charge on any atom is 0.135 e. The van der Waals surface area contributed by atoms with Crippen LogP contribution in [0.15, 0.2) is 0 Å². The first-order chi connectivity index (χ1) is 10.3. The second-order valence-electron chi connectivity index (χ2n) is 9.22. The van der Waals surface area contributed by atoms with Crippen molar-refractivity contribution in [3.8, 4) is 0 Å². The Kier molecular flexibility index (Phi) is 3.14. The second kappa shape index (κ2) is 4.57. The highest BCUT2D eigenvalue weighted by atomic mass is 16.3. The molecule has 0 aromatic heterocycles. The van der Waals surface area contributed by atoms with Crippen molar-refractivity contribution in [1.29, 1.82) is 0 Å². The lowest BCUT2D eigenvalue weighted by molar-refractivity contribution is -0.205. The van der Waals surface area contributed by atoms with E-state index in [0.29, 0.717) is 30.6 Å². The number of Topliss-reactive ketones (excluding diaryl/α,β-unsaturated/α-hetero) is 1. The minimum Gasteiger partial charge on any atom is -0.393 e. The van der Waals surface area contributed by atoms with Crippen LogP contribution < -0.4 is 0 Å². The van der Waals surface area contributed by atoms with Crippen LogP contribution in [0.2, 0.25) is 0 Å². The molecule has 0 aliphatic heterocycles. The van der Waals surface area contributed by atoms with Crippen LogP contribution in [-0.2, 0) is 4.79 Å². The summed E-state index contributed by atoms with van der Waals surface area (Å²) in [6, 6.07) is 0. The number of carbonyl (C=O) groups is 1. The lowest BCUT2D eigenvalue weighted by Crippen LogP contribution is -2.62. The average Bonchev–Trinajstić information content (AvgIpc) is 2.76. The standard InChI is InChI=1S/C19H30O3/c1-17-8-7-15-13(14(17)3-4-16(17)21)6-10-19(22)11-12(20)5-9-18(15,19)2/h13-16,21-22H,3-11H2,1-2H3/t13?,14?,15?,16-,17-,18+,19-/m0/s1. The fraction of sp³-hybridized carbons (Fsp3) is 0.947. The number of fused-ring (bicyclic) bond motifs is 5. The van der Waals surface area contributed by atoms with Crippen molar-refractivity contribution < 1.29 is 15.0 Å². The Morgan fingerprint density at radius 3 is 2.55 bits per heavy atom. The van der Waals surface area contributed by atoms with Gasteiger partial charge in [-0.3, -0.25) is 4.79 Å². The number of rotatable bonds is 0. The first-order valence-electron chi connectivity index (χ1n) is 9.22. The molecule has 4 aliphatic carbocycles. The number of hydrogen-bond acceptors (Lipinski definition) is 3. The van der Waals surface area contributed by atoms with E-state index in [1.165, 1.54) is 0 Å². The molecule has 0 amide bonds. The zero-order chi connectivity index (χ0) is 15.8. The molecule has 124 valence electrons. The van der Waals surface area contributed by atoms with Gasteiger partial charge in [-0.15, -0.1) is 0 Å². The molecule has 4 rings (SSSR count). The van der Waals surface area contributed by atoms with E-state index in [9.17, 15) is 15.0 Å². The number of hydrogen-bond donors (Lipinski definition) is 2. The minimum atomic E-state index is -0.769. The minimum absolute atomic E-state index is 0.0947. The van der Waals surface area contributed by atoms with E-state index in [4.69, 9.17) is 0 Å². The smallest absolute Gasteiger partial charge is 0.135 e. The zero-order valence-corrected chi connectivity index (χ0v) is 14.0. The second-order valence-corrected chi connectivity index (χ2v) is 9.22. The van der Waals surface area contributed by atoms with E-state index < -0.39 is 5.60 Å². The van der Waals surface area contributed by atoms with Gasteiger partial charge in [0, 0.05) is 18.3 Å². The molecule has 4 saturated carbocycles. The average molecular weight is 306 g/mol. The molecular weight excluding hydrogens is 276 g/mol. The van der Waals surface area contributed by atoms with Crippen molar-refractivity contribution in [2.45, 2.75) is 83.3 Å². The van der Waals surface area contributed by atoms with E-state index in [-0.39, 0.29) is 22.7 Å². The van der Waals surface area contributed by atoms with Gasteiger partial charge in [0.1, 0.15) is 5.78 Å². The van der Waals surface area contributed by atoms with Gasteiger partial charge >= 0.3 is 0 Å². The summed E-state index contributed by atoms with van der Waals surface area (Å²) in [6.45, 7) is 4.55. The fourth-order valence-corrected chi connectivity index (χ4v) is 7.01. The Labute approximate surface area is 133 Å². The lowest BCUT2D eigenvalue weighted by Gasteiger charge is -2.63. The molecule has 0 aromatic rings. The first kappa shape index (κ1) is 15.1. The summed E-state index contributed by atoms with van der Waals surface area (Å²) >= 11 is 0. The highest BCUT2D eigenvalue weighted by Gasteiger charge is 2.64. The molecule has 0 saturated heterocycles. The monoisotopic (exact) mass is 306 g/mol. The molecule has 2 N–H and O–H groups in total. The number of aliphatic hydroxyl groups is 2. The molecule has 3 heteroatoms. The van der Waals surface area contributed by atoms with Gasteiger partial charge in [-0.25, -0.2) is 0 Å². The van der Waals surface area contributed by atoms with E-state index >= 15 is 0 Å². The summed E-state index contributed by atoms with van der Waals surface area (Å²) in [7, 11) is 0. The Hall–Kier alpha value is -0.410. The summed E-state index contributed by atoms with van der Waals surface area (Å²) in [6.07, 6.45) is 7.84. The van der Waals surface area contributed by atoms with E-state index in [1.807, 2.05) is 0 Å². The quantitative estimate of drug-likeness (QED) is 0.723. The SMILES string of the molecule is C[C@]12CCC3C(CC[C@]4(O)CC(=O)CC[C@]34C)C1CC[C@@H]2O. The predicted molar refractivity (Wildman–Crippen MR) is 84.2 cm³/mol. The lowest BCUT2D eigenvalue weighted by atomic mass is 9.43. The van der Waals surface area contributed by atoms with E-state index in [0.717, 1.165) is 44.9 Å². The van der Waals surface area contributed by atoms with Crippen molar-refractivity contribution in [2.75, 3.05) is 0 Å². The molecule has 0 spiro atoms. The van der Waals surface area contributed by atoms with Crippen molar-refractivity contribution in [2.24, 2.45) is 28.6 Å². The van der Waals surface area contributed by atoms with Gasteiger partial charge in [-0.1, -0.05) is 13.8 Å². The third-order valence-electron chi connectivity index (χ3n) is 8.57. The molecule has 7 atom stereocenters. The van der Waals surface area contributed by atoms with Crippen molar-refractivity contribution in [3.05, 3.63) is 0 Å². The normalized spacial score (nSPS) is 57.9. The summed E-state index contributed by atoms with van der Waals surface area (Å²) in [4.78, 5) is 11.9. The van der Waals surface area contributed by atoms with Crippen LogP contribution in [0.25, 0.3) is 0 Å². The van der Waals surface area contributed by atoms with E-state index in [2.05, 4.69) is 13.8 Å². The summed E-state index contributed by atoms with van der Waals surface area (Å²) in [5.41, 5.74) is -0.773. The fourth-order valence-electron chi connectivity index (χ4n) is 7.01. The molecule has 4 fully saturated rings. The highest BCUT2D eigenvalue weighted by molar-refractivity contribution is 5.80. The third kappa shape index (κ3) is 1.73. The Morgan fingerprint density at radius 2 is 1.77 bits per heavy atom. The Balaban J connectivity index is 1.68. The summed E-state index contributed by atoms with van der Waals surface area (Å²) in [5, 5.41) is 21.7. The maximum atomic E-state index is 11.9. The number of ketones is 1. The maximum absolute atomic E-state index is 11.9. The van der Waals surface area contributed by atoms with Gasteiger partial charge < -0.3 is 10.2 Å². The van der Waals surface area contributed by atoms with Gasteiger partial charge in [0.05, 0.1) is 11.7 Å². The molecular formula is C19H30O3. The number of carbonyl (C=O) groups excluding carboxylic acids is 1. The molecule has 0 radical (unpaired) electrons. The Morgan fingerprint density at radius 1 is 1.00 bits per heavy atom. The van der Waals surface area contributed by atoms with Crippen LogP contribution in [0.4, 0.5) is 0 Å². The Bertz CT molecular complexity index is 503. The largest absolute Gasteiger partial charge is 0.393 e. The van der Waals surface area contributed by atoms with Crippen LogP contribution in [0, 0.1) is 28.6 Å². The topological polar surface area (TPSA) is 57.5 Å².